The first-order chi connectivity index (χ1) is 13.2. The van der Waals surface area contributed by atoms with E-state index in [0.29, 0.717) is 44.3 Å². The fourth-order valence-corrected chi connectivity index (χ4v) is 3.61. The van der Waals surface area contributed by atoms with Crippen LogP contribution in [0.15, 0.2) is 42.5 Å². The maximum atomic E-state index is 13.1. The second kappa shape index (κ2) is 7.21. The number of anilines is 1. The standard InChI is InChI=1S/C21H23NO5/c1-15-8-9-17-16(14-15)21(26-12-13-27-21)20(23)22(17)10-5-11-25-19-7-4-3-6-18(19)24-2/h3-4,6-9,14H,5,10-13H2,1-2H3. The second-order valence-corrected chi connectivity index (χ2v) is 6.64. The molecule has 27 heavy (non-hydrogen) atoms. The third kappa shape index (κ3) is 3.05. The minimum absolute atomic E-state index is 0.155. The SMILES string of the molecule is COc1ccccc1OCCCN1C(=O)C2(OCCO2)c2cc(C)ccc21. The molecular weight excluding hydrogens is 346 g/mol. The number of fused-ring (bicyclic) bond motifs is 2. The van der Waals surface area contributed by atoms with E-state index in [1.54, 1.807) is 12.0 Å². The van der Waals surface area contributed by atoms with E-state index in [1.165, 1.54) is 0 Å². The Morgan fingerprint density at radius 2 is 1.85 bits per heavy atom. The van der Waals surface area contributed by atoms with Gasteiger partial charge in [-0.25, -0.2) is 0 Å². The maximum absolute atomic E-state index is 13.1. The van der Waals surface area contributed by atoms with Crippen LogP contribution in [-0.4, -0.2) is 39.4 Å². The highest BCUT2D eigenvalue weighted by atomic mass is 16.7. The van der Waals surface area contributed by atoms with Crippen LogP contribution in [0.5, 0.6) is 11.5 Å². The molecule has 0 unspecified atom stereocenters. The van der Waals surface area contributed by atoms with E-state index in [1.807, 2.05) is 49.4 Å². The van der Waals surface area contributed by atoms with Crippen LogP contribution in [0.3, 0.4) is 0 Å². The predicted octanol–water partition coefficient (Wildman–Crippen LogP) is 3.02. The number of ether oxygens (including phenoxy) is 4. The minimum atomic E-state index is -1.27. The topological polar surface area (TPSA) is 57.2 Å². The fraction of sp³-hybridized carbons (Fsp3) is 0.381. The van der Waals surface area contributed by atoms with Gasteiger partial charge in [-0.2, -0.15) is 0 Å². The van der Waals surface area contributed by atoms with Crippen molar-refractivity contribution < 1.29 is 23.7 Å². The van der Waals surface area contributed by atoms with Crippen LogP contribution in [0, 0.1) is 6.92 Å². The molecule has 0 saturated carbocycles. The highest BCUT2D eigenvalue weighted by molar-refractivity contribution is 6.06. The average Bonchev–Trinajstić information content (AvgIpc) is 3.26. The van der Waals surface area contributed by atoms with Crippen molar-refractivity contribution in [3.63, 3.8) is 0 Å². The van der Waals surface area contributed by atoms with E-state index >= 15 is 0 Å². The van der Waals surface area contributed by atoms with Gasteiger partial charge in [0.25, 0.3) is 11.7 Å². The number of hydrogen-bond acceptors (Lipinski definition) is 5. The molecule has 1 fully saturated rings. The van der Waals surface area contributed by atoms with Crippen LogP contribution in [-0.2, 0) is 20.1 Å². The molecule has 0 N–H and O–H groups in total. The van der Waals surface area contributed by atoms with Crippen LogP contribution in [0.25, 0.3) is 0 Å². The first-order valence-corrected chi connectivity index (χ1v) is 9.12. The van der Waals surface area contributed by atoms with E-state index in [4.69, 9.17) is 18.9 Å². The molecule has 0 aromatic heterocycles. The zero-order chi connectivity index (χ0) is 18.9. The Hall–Kier alpha value is -2.57. The normalized spacial score (nSPS) is 17.4. The van der Waals surface area contributed by atoms with Gasteiger partial charge < -0.3 is 23.8 Å². The number of aryl methyl sites for hydroxylation is 1. The number of methoxy groups -OCH3 is 1. The van der Waals surface area contributed by atoms with Crippen LogP contribution >= 0.6 is 0 Å². The summed E-state index contributed by atoms with van der Waals surface area (Å²) >= 11 is 0. The van der Waals surface area contributed by atoms with Crippen molar-refractivity contribution in [1.29, 1.82) is 0 Å². The van der Waals surface area contributed by atoms with Crippen molar-refractivity contribution in [1.82, 2.24) is 0 Å². The molecule has 1 saturated heterocycles. The van der Waals surface area contributed by atoms with Crippen molar-refractivity contribution in [2.45, 2.75) is 19.1 Å². The monoisotopic (exact) mass is 369 g/mol. The van der Waals surface area contributed by atoms with Gasteiger partial charge in [0.05, 0.1) is 32.6 Å². The van der Waals surface area contributed by atoms with Crippen molar-refractivity contribution >= 4 is 11.6 Å². The Kier molecular flexibility index (Phi) is 4.76. The van der Waals surface area contributed by atoms with Crippen LogP contribution < -0.4 is 14.4 Å². The lowest BCUT2D eigenvalue weighted by Gasteiger charge is -2.22. The number of carbonyl (C=O) groups excluding carboxylic acids is 1. The molecule has 0 radical (unpaired) electrons. The molecule has 2 aliphatic rings. The van der Waals surface area contributed by atoms with E-state index in [-0.39, 0.29) is 5.91 Å². The average molecular weight is 369 g/mol. The molecule has 2 aliphatic heterocycles. The maximum Gasteiger partial charge on any atom is 0.292 e. The summed E-state index contributed by atoms with van der Waals surface area (Å²) < 4.78 is 22.7. The second-order valence-electron chi connectivity index (χ2n) is 6.64. The van der Waals surface area contributed by atoms with E-state index in [0.717, 1.165) is 16.8 Å². The molecule has 2 heterocycles. The molecule has 4 rings (SSSR count). The van der Waals surface area contributed by atoms with Crippen molar-refractivity contribution in [3.8, 4) is 11.5 Å². The minimum Gasteiger partial charge on any atom is -0.493 e. The number of para-hydroxylation sites is 2. The summed E-state index contributed by atoms with van der Waals surface area (Å²) in [6, 6.07) is 13.5. The molecule has 6 nitrogen and oxygen atoms in total. The summed E-state index contributed by atoms with van der Waals surface area (Å²) in [5, 5.41) is 0. The van der Waals surface area contributed by atoms with Gasteiger partial charge in [0.15, 0.2) is 11.5 Å². The summed E-state index contributed by atoms with van der Waals surface area (Å²) in [6.07, 6.45) is 0.674. The lowest BCUT2D eigenvalue weighted by atomic mass is 10.0. The molecule has 0 bridgehead atoms. The Labute approximate surface area is 158 Å². The molecule has 0 aliphatic carbocycles. The van der Waals surface area contributed by atoms with Gasteiger partial charge >= 0.3 is 0 Å². The van der Waals surface area contributed by atoms with Gasteiger partial charge in [-0.05, 0) is 37.6 Å². The lowest BCUT2D eigenvalue weighted by molar-refractivity contribution is -0.180. The summed E-state index contributed by atoms with van der Waals surface area (Å²) in [6.45, 7) is 3.84. The third-order valence-corrected chi connectivity index (χ3v) is 4.87. The molecular formula is C21H23NO5. The van der Waals surface area contributed by atoms with Crippen LogP contribution in [0.2, 0.25) is 0 Å². The van der Waals surface area contributed by atoms with E-state index in [2.05, 4.69) is 0 Å². The first kappa shape index (κ1) is 17.8. The summed E-state index contributed by atoms with van der Waals surface area (Å²) in [5.74, 6) is -0.0342. The highest BCUT2D eigenvalue weighted by Crippen LogP contribution is 2.46. The van der Waals surface area contributed by atoms with Gasteiger partial charge in [0, 0.05) is 12.1 Å². The summed E-state index contributed by atoms with van der Waals surface area (Å²) in [7, 11) is 1.62. The van der Waals surface area contributed by atoms with Crippen molar-refractivity contribution in [3.05, 3.63) is 53.6 Å². The smallest absolute Gasteiger partial charge is 0.292 e. The molecule has 1 amide bonds. The quantitative estimate of drug-likeness (QED) is 0.733. The highest BCUT2D eigenvalue weighted by Gasteiger charge is 2.55. The van der Waals surface area contributed by atoms with Crippen LogP contribution in [0.1, 0.15) is 17.5 Å². The van der Waals surface area contributed by atoms with Gasteiger partial charge in [-0.1, -0.05) is 23.8 Å². The molecule has 2 aromatic rings. The number of benzene rings is 2. The lowest BCUT2D eigenvalue weighted by Crippen LogP contribution is -2.41. The number of amides is 1. The largest absolute Gasteiger partial charge is 0.493 e. The Balaban J connectivity index is 1.46. The molecule has 6 heteroatoms. The number of carbonyl (C=O) groups is 1. The summed E-state index contributed by atoms with van der Waals surface area (Å²) in [5.41, 5.74) is 2.72. The zero-order valence-corrected chi connectivity index (χ0v) is 15.6. The van der Waals surface area contributed by atoms with Gasteiger partial charge in [-0.3, -0.25) is 4.79 Å². The molecule has 0 atom stereocenters. The van der Waals surface area contributed by atoms with Gasteiger partial charge in [-0.15, -0.1) is 0 Å². The summed E-state index contributed by atoms with van der Waals surface area (Å²) in [4.78, 5) is 14.8. The number of hydrogen-bond donors (Lipinski definition) is 0. The Morgan fingerprint density at radius 1 is 1.11 bits per heavy atom. The number of rotatable bonds is 6. The molecule has 2 aromatic carbocycles. The molecule has 142 valence electrons. The fourth-order valence-electron chi connectivity index (χ4n) is 3.61. The van der Waals surface area contributed by atoms with Gasteiger partial charge in [0.2, 0.25) is 0 Å². The predicted molar refractivity (Wildman–Crippen MR) is 100 cm³/mol. The van der Waals surface area contributed by atoms with Crippen molar-refractivity contribution in [2.24, 2.45) is 0 Å². The van der Waals surface area contributed by atoms with E-state index in [9.17, 15) is 4.79 Å². The number of nitrogens with zero attached hydrogens (tertiary/aromatic N) is 1. The first-order valence-electron chi connectivity index (χ1n) is 9.12. The van der Waals surface area contributed by atoms with E-state index < -0.39 is 5.79 Å². The Bertz CT molecular complexity index is 844. The molecule has 1 spiro atoms. The van der Waals surface area contributed by atoms with Gasteiger partial charge in [0.1, 0.15) is 0 Å². The Morgan fingerprint density at radius 3 is 2.59 bits per heavy atom. The van der Waals surface area contributed by atoms with Crippen molar-refractivity contribution in [2.75, 3.05) is 38.4 Å². The van der Waals surface area contributed by atoms with Crippen LogP contribution in [0.4, 0.5) is 5.69 Å². The third-order valence-electron chi connectivity index (χ3n) is 4.87. The zero-order valence-electron chi connectivity index (χ0n) is 15.6.